The van der Waals surface area contributed by atoms with Gasteiger partial charge in [0.25, 0.3) is 5.91 Å². The normalized spacial score (nSPS) is 10.6. The van der Waals surface area contributed by atoms with Crippen molar-refractivity contribution in [2.75, 3.05) is 5.32 Å². The van der Waals surface area contributed by atoms with Crippen LogP contribution in [-0.4, -0.2) is 16.0 Å². The Morgan fingerprint density at radius 2 is 2.24 bits per heavy atom. The van der Waals surface area contributed by atoms with Gasteiger partial charge in [-0.05, 0) is 19.1 Å². The summed E-state index contributed by atoms with van der Waals surface area (Å²) < 4.78 is 18.0. The quantitative estimate of drug-likeness (QED) is 0.804. The van der Waals surface area contributed by atoms with Crippen molar-refractivity contribution in [1.29, 1.82) is 0 Å². The van der Waals surface area contributed by atoms with Crippen LogP contribution in [0.4, 0.5) is 9.52 Å². The first kappa shape index (κ1) is 13.4. The fraction of sp³-hybridized carbons (Fsp3) is 0.0714. The number of nitrogens with zero attached hydrogens (tertiary/aromatic N) is 2. The number of anilines is 1. The molecule has 0 atom stereocenters. The van der Waals surface area contributed by atoms with Gasteiger partial charge in [0.2, 0.25) is 0 Å². The van der Waals surface area contributed by atoms with E-state index in [2.05, 4.69) is 15.5 Å². The van der Waals surface area contributed by atoms with E-state index in [0.29, 0.717) is 22.1 Å². The second-order valence-electron chi connectivity index (χ2n) is 4.33. The smallest absolute Gasteiger partial charge is 0.279 e. The maximum atomic E-state index is 13.2. The van der Waals surface area contributed by atoms with E-state index in [-0.39, 0.29) is 11.5 Å². The van der Waals surface area contributed by atoms with Gasteiger partial charge >= 0.3 is 0 Å². The van der Waals surface area contributed by atoms with Gasteiger partial charge in [-0.2, -0.15) is 0 Å². The molecule has 21 heavy (non-hydrogen) atoms. The molecule has 0 saturated heterocycles. The number of hydrogen-bond acceptors (Lipinski definition) is 5. The summed E-state index contributed by atoms with van der Waals surface area (Å²) in [5.41, 5.74) is 1.45. The molecular weight excluding hydrogens is 293 g/mol. The number of amides is 1. The molecule has 2 heterocycles. The topological polar surface area (TPSA) is 68.0 Å². The lowest BCUT2D eigenvalue weighted by atomic mass is 10.2. The number of aryl methyl sites for hydroxylation is 1. The predicted molar refractivity (Wildman–Crippen MR) is 76.7 cm³/mol. The van der Waals surface area contributed by atoms with Crippen molar-refractivity contribution >= 4 is 22.4 Å². The molecule has 1 amide bonds. The lowest BCUT2D eigenvalue weighted by Gasteiger charge is -1.97. The standard InChI is InChI=1S/C14H10FN3O2S/c1-8-5-11(18-20-8)13(19)17-14-16-12(7-21-14)9-3-2-4-10(15)6-9/h2-7H,1H3,(H,16,17,19). The number of carbonyl (C=O) groups excluding carboxylic acids is 1. The average Bonchev–Trinajstić information content (AvgIpc) is 3.08. The third-order valence-electron chi connectivity index (χ3n) is 2.71. The Balaban J connectivity index is 1.78. The van der Waals surface area contributed by atoms with E-state index in [1.807, 2.05) is 0 Å². The largest absolute Gasteiger partial charge is 0.361 e. The summed E-state index contributed by atoms with van der Waals surface area (Å²) in [7, 11) is 0. The SMILES string of the molecule is Cc1cc(C(=O)Nc2nc(-c3cccc(F)c3)cs2)no1. The van der Waals surface area contributed by atoms with Gasteiger partial charge in [0.1, 0.15) is 11.6 Å². The molecule has 0 spiro atoms. The van der Waals surface area contributed by atoms with Gasteiger partial charge in [-0.25, -0.2) is 9.37 Å². The number of hydrogen-bond donors (Lipinski definition) is 1. The zero-order chi connectivity index (χ0) is 14.8. The monoisotopic (exact) mass is 303 g/mol. The maximum absolute atomic E-state index is 13.2. The molecule has 0 aliphatic carbocycles. The molecule has 3 aromatic rings. The summed E-state index contributed by atoms with van der Waals surface area (Å²) in [6.45, 7) is 1.70. The minimum absolute atomic E-state index is 0.190. The number of rotatable bonds is 3. The first-order valence-corrected chi connectivity index (χ1v) is 6.96. The van der Waals surface area contributed by atoms with Gasteiger partial charge in [0.15, 0.2) is 10.8 Å². The van der Waals surface area contributed by atoms with Crippen LogP contribution in [0.5, 0.6) is 0 Å². The number of halogens is 1. The number of carbonyl (C=O) groups is 1. The summed E-state index contributed by atoms with van der Waals surface area (Å²) in [6, 6.07) is 7.66. The van der Waals surface area contributed by atoms with Crippen LogP contribution in [0.25, 0.3) is 11.3 Å². The molecule has 3 rings (SSSR count). The molecule has 0 bridgehead atoms. The second kappa shape index (κ2) is 5.45. The predicted octanol–water partition coefficient (Wildman–Crippen LogP) is 3.50. The molecular formula is C14H10FN3O2S. The Labute approximate surface area is 123 Å². The summed E-state index contributed by atoms with van der Waals surface area (Å²) in [6.07, 6.45) is 0. The van der Waals surface area contributed by atoms with Gasteiger partial charge in [0, 0.05) is 17.0 Å². The average molecular weight is 303 g/mol. The van der Waals surface area contributed by atoms with E-state index in [1.54, 1.807) is 24.4 Å². The van der Waals surface area contributed by atoms with Gasteiger partial charge in [-0.15, -0.1) is 11.3 Å². The molecule has 1 aromatic carbocycles. The Bertz CT molecular complexity index is 797. The molecule has 106 valence electrons. The molecule has 0 saturated carbocycles. The maximum Gasteiger partial charge on any atom is 0.279 e. The highest BCUT2D eigenvalue weighted by molar-refractivity contribution is 7.14. The minimum atomic E-state index is -0.396. The van der Waals surface area contributed by atoms with Gasteiger partial charge in [-0.1, -0.05) is 17.3 Å². The van der Waals surface area contributed by atoms with Crippen LogP contribution < -0.4 is 5.32 Å². The van der Waals surface area contributed by atoms with Crippen LogP contribution in [0.3, 0.4) is 0 Å². The van der Waals surface area contributed by atoms with Crippen LogP contribution in [0.1, 0.15) is 16.2 Å². The number of aromatic nitrogens is 2. The summed E-state index contributed by atoms with van der Waals surface area (Å²) in [5.74, 6) is -0.170. The van der Waals surface area contributed by atoms with Gasteiger partial charge < -0.3 is 4.52 Å². The fourth-order valence-electron chi connectivity index (χ4n) is 1.75. The molecule has 0 radical (unpaired) electrons. The van der Waals surface area contributed by atoms with Crippen molar-refractivity contribution in [3.05, 3.63) is 53.0 Å². The third kappa shape index (κ3) is 2.97. The van der Waals surface area contributed by atoms with Crippen molar-refractivity contribution < 1.29 is 13.7 Å². The van der Waals surface area contributed by atoms with Crippen molar-refractivity contribution in [1.82, 2.24) is 10.1 Å². The second-order valence-corrected chi connectivity index (χ2v) is 5.18. The highest BCUT2D eigenvalue weighted by Crippen LogP contribution is 2.25. The van der Waals surface area contributed by atoms with E-state index >= 15 is 0 Å². The lowest BCUT2D eigenvalue weighted by Crippen LogP contribution is -2.11. The van der Waals surface area contributed by atoms with Crippen LogP contribution in [0.15, 0.2) is 40.2 Å². The Kier molecular flexibility index (Phi) is 3.49. The Morgan fingerprint density at radius 1 is 1.38 bits per heavy atom. The van der Waals surface area contributed by atoms with Crippen molar-refractivity contribution in [2.45, 2.75) is 6.92 Å². The molecule has 5 nitrogen and oxygen atoms in total. The molecule has 0 fully saturated rings. The molecule has 1 N–H and O–H groups in total. The van der Waals surface area contributed by atoms with Crippen molar-refractivity contribution in [2.24, 2.45) is 0 Å². The van der Waals surface area contributed by atoms with E-state index in [9.17, 15) is 9.18 Å². The first-order valence-electron chi connectivity index (χ1n) is 6.08. The highest BCUT2D eigenvalue weighted by Gasteiger charge is 2.13. The molecule has 0 aliphatic rings. The van der Waals surface area contributed by atoms with Crippen molar-refractivity contribution in [3.8, 4) is 11.3 Å². The molecule has 7 heteroatoms. The summed E-state index contributed by atoms with van der Waals surface area (Å²) >= 11 is 1.26. The van der Waals surface area contributed by atoms with Crippen LogP contribution >= 0.6 is 11.3 Å². The van der Waals surface area contributed by atoms with Crippen LogP contribution in [0, 0.1) is 12.7 Å². The summed E-state index contributed by atoms with van der Waals surface area (Å²) in [5, 5.41) is 8.42. The Hall–Kier alpha value is -2.54. The fourth-order valence-corrected chi connectivity index (χ4v) is 2.46. The zero-order valence-electron chi connectivity index (χ0n) is 11.0. The van der Waals surface area contributed by atoms with Crippen LogP contribution in [-0.2, 0) is 0 Å². The lowest BCUT2D eigenvalue weighted by molar-refractivity contribution is 0.101. The minimum Gasteiger partial charge on any atom is -0.361 e. The van der Waals surface area contributed by atoms with E-state index in [0.717, 1.165) is 0 Å². The number of thiazole rings is 1. The van der Waals surface area contributed by atoms with Crippen LogP contribution in [0.2, 0.25) is 0 Å². The zero-order valence-corrected chi connectivity index (χ0v) is 11.8. The van der Waals surface area contributed by atoms with Crippen molar-refractivity contribution in [3.63, 3.8) is 0 Å². The van der Waals surface area contributed by atoms with E-state index in [4.69, 9.17) is 4.52 Å². The molecule has 0 aliphatic heterocycles. The Morgan fingerprint density at radius 3 is 2.95 bits per heavy atom. The third-order valence-corrected chi connectivity index (χ3v) is 3.46. The molecule has 2 aromatic heterocycles. The van der Waals surface area contributed by atoms with Gasteiger partial charge in [0.05, 0.1) is 5.69 Å². The number of nitrogens with one attached hydrogen (secondary N) is 1. The van der Waals surface area contributed by atoms with Gasteiger partial charge in [-0.3, -0.25) is 10.1 Å². The van der Waals surface area contributed by atoms with E-state index < -0.39 is 5.91 Å². The highest BCUT2D eigenvalue weighted by atomic mass is 32.1. The first-order chi connectivity index (χ1) is 10.1. The summed E-state index contributed by atoms with van der Waals surface area (Å²) in [4.78, 5) is 16.2. The molecule has 0 unspecified atom stereocenters. The van der Waals surface area contributed by atoms with E-state index in [1.165, 1.54) is 29.5 Å². The number of benzene rings is 1.